The van der Waals surface area contributed by atoms with Crippen LogP contribution in [-0.2, 0) is 13.1 Å². The van der Waals surface area contributed by atoms with Crippen molar-refractivity contribution >= 4 is 5.91 Å². The Morgan fingerprint density at radius 2 is 1.59 bits per heavy atom. The van der Waals surface area contributed by atoms with Crippen LogP contribution in [0.3, 0.4) is 0 Å². The number of amides is 1. The molecule has 34 heavy (non-hydrogen) atoms. The molecule has 0 N–H and O–H groups in total. The summed E-state index contributed by atoms with van der Waals surface area (Å²) in [5, 5.41) is 0. The first-order chi connectivity index (χ1) is 16.5. The number of carbonyl (C=O) groups excluding carboxylic acids is 1. The van der Waals surface area contributed by atoms with Gasteiger partial charge in [-0.05, 0) is 54.6 Å². The molecule has 0 bridgehead atoms. The van der Waals surface area contributed by atoms with Crippen LogP contribution in [0.4, 0.5) is 8.78 Å². The molecule has 1 heterocycles. The van der Waals surface area contributed by atoms with Crippen LogP contribution in [0.25, 0.3) is 5.69 Å². The van der Waals surface area contributed by atoms with E-state index in [0.717, 1.165) is 18.2 Å². The van der Waals surface area contributed by atoms with Gasteiger partial charge in [0.05, 0.1) is 25.5 Å². The van der Waals surface area contributed by atoms with E-state index in [1.807, 2.05) is 41.2 Å². The molecule has 0 saturated carbocycles. The van der Waals surface area contributed by atoms with Gasteiger partial charge in [-0.2, -0.15) is 0 Å². The van der Waals surface area contributed by atoms with Crippen molar-refractivity contribution in [3.63, 3.8) is 0 Å². The van der Waals surface area contributed by atoms with E-state index in [2.05, 4.69) is 0 Å². The van der Waals surface area contributed by atoms with Crippen LogP contribution in [-0.4, -0.2) is 29.6 Å². The molecule has 0 unspecified atom stereocenters. The van der Waals surface area contributed by atoms with E-state index >= 15 is 0 Å². The number of hydrogen-bond acceptors (Lipinski definition) is 3. The number of carbonyl (C=O) groups is 1. The molecule has 0 saturated heterocycles. The lowest BCUT2D eigenvalue weighted by molar-refractivity contribution is 0.0727. The van der Waals surface area contributed by atoms with Crippen LogP contribution in [0.5, 0.6) is 11.5 Å². The molecule has 0 radical (unpaired) electrons. The maximum Gasteiger partial charge on any atom is 0.256 e. The Kier molecular flexibility index (Phi) is 6.92. The average Bonchev–Trinajstić information content (AvgIpc) is 3.40. The predicted molar refractivity (Wildman–Crippen MR) is 125 cm³/mol. The van der Waals surface area contributed by atoms with E-state index in [1.54, 1.807) is 37.4 Å². The molecule has 0 aliphatic rings. The molecule has 174 valence electrons. The zero-order valence-corrected chi connectivity index (χ0v) is 18.9. The van der Waals surface area contributed by atoms with E-state index in [1.165, 1.54) is 12.0 Å². The van der Waals surface area contributed by atoms with Crippen LogP contribution >= 0.6 is 0 Å². The Bertz CT molecular complexity index is 1290. The molecular weight excluding hydrogens is 438 g/mol. The van der Waals surface area contributed by atoms with Crippen LogP contribution in [0, 0.1) is 11.6 Å². The lowest BCUT2D eigenvalue weighted by Crippen LogP contribution is -2.31. The number of ether oxygens (including phenoxy) is 2. The highest BCUT2D eigenvalue weighted by Gasteiger charge is 2.23. The van der Waals surface area contributed by atoms with Crippen LogP contribution < -0.4 is 9.47 Å². The molecule has 4 aromatic rings. The summed E-state index contributed by atoms with van der Waals surface area (Å²) < 4.78 is 41.0. The van der Waals surface area contributed by atoms with Gasteiger partial charge in [0.2, 0.25) is 0 Å². The standard InChI is InChI=1S/C27H24F2N2O3/c1-33-22-11-9-19(26(16-22)34-2)17-31(18-20-15-21(28)10-12-24(20)29)27(32)23-7-3-4-8-25(23)30-13-5-6-14-30/h3-16H,17-18H2,1-2H3. The first-order valence-electron chi connectivity index (χ1n) is 10.7. The van der Waals surface area contributed by atoms with Crippen molar-refractivity contribution < 1.29 is 23.0 Å². The second kappa shape index (κ2) is 10.2. The van der Waals surface area contributed by atoms with Gasteiger partial charge in [0.15, 0.2) is 0 Å². The molecule has 0 atom stereocenters. The monoisotopic (exact) mass is 462 g/mol. The van der Waals surface area contributed by atoms with Crippen molar-refractivity contribution in [2.45, 2.75) is 13.1 Å². The Morgan fingerprint density at radius 3 is 2.32 bits per heavy atom. The van der Waals surface area contributed by atoms with Gasteiger partial charge < -0.3 is 18.9 Å². The van der Waals surface area contributed by atoms with Gasteiger partial charge in [0.1, 0.15) is 23.1 Å². The topological polar surface area (TPSA) is 43.7 Å². The van der Waals surface area contributed by atoms with Crippen LogP contribution in [0.2, 0.25) is 0 Å². The maximum atomic E-state index is 14.5. The molecular formula is C27H24F2N2O3. The molecule has 0 aliphatic carbocycles. The summed E-state index contributed by atoms with van der Waals surface area (Å²) in [5.74, 6) is -0.354. The summed E-state index contributed by atoms with van der Waals surface area (Å²) in [5.41, 5.74) is 1.90. The third kappa shape index (κ3) is 4.93. The fourth-order valence-corrected chi connectivity index (χ4v) is 3.80. The van der Waals surface area contributed by atoms with Gasteiger partial charge in [-0.1, -0.05) is 12.1 Å². The van der Waals surface area contributed by atoms with Crippen LogP contribution in [0.1, 0.15) is 21.5 Å². The van der Waals surface area contributed by atoms with Crippen molar-refractivity contribution in [2.24, 2.45) is 0 Å². The second-order valence-corrected chi connectivity index (χ2v) is 7.68. The predicted octanol–water partition coefficient (Wildman–Crippen LogP) is 5.62. The zero-order chi connectivity index (χ0) is 24.1. The van der Waals surface area contributed by atoms with Crippen molar-refractivity contribution in [1.82, 2.24) is 9.47 Å². The summed E-state index contributed by atoms with van der Waals surface area (Å²) in [6.45, 7) is -0.0143. The summed E-state index contributed by atoms with van der Waals surface area (Å²) >= 11 is 0. The smallest absolute Gasteiger partial charge is 0.256 e. The molecule has 1 aromatic heterocycles. The summed E-state index contributed by atoms with van der Waals surface area (Å²) in [6.07, 6.45) is 3.68. The quantitative estimate of drug-likeness (QED) is 0.342. The number of nitrogens with zero attached hydrogens (tertiary/aromatic N) is 2. The fourth-order valence-electron chi connectivity index (χ4n) is 3.80. The second-order valence-electron chi connectivity index (χ2n) is 7.68. The summed E-state index contributed by atoms with van der Waals surface area (Å²) in [7, 11) is 3.08. The highest BCUT2D eigenvalue weighted by atomic mass is 19.1. The first-order valence-corrected chi connectivity index (χ1v) is 10.7. The molecule has 7 heteroatoms. The van der Waals surface area contributed by atoms with Gasteiger partial charge in [0.25, 0.3) is 5.91 Å². The highest BCUT2D eigenvalue weighted by molar-refractivity contribution is 5.97. The van der Waals surface area contributed by atoms with E-state index in [0.29, 0.717) is 28.3 Å². The summed E-state index contributed by atoms with van der Waals surface area (Å²) in [6, 6.07) is 19.4. The lowest BCUT2D eigenvalue weighted by atomic mass is 10.1. The number of para-hydroxylation sites is 1. The molecule has 1 amide bonds. The molecule has 3 aromatic carbocycles. The number of halogens is 2. The Balaban J connectivity index is 1.76. The van der Waals surface area contributed by atoms with E-state index in [-0.39, 0.29) is 24.6 Å². The van der Waals surface area contributed by atoms with Crippen molar-refractivity contribution in [2.75, 3.05) is 14.2 Å². The first kappa shape index (κ1) is 23.0. The largest absolute Gasteiger partial charge is 0.497 e. The van der Waals surface area contributed by atoms with E-state index < -0.39 is 11.6 Å². The van der Waals surface area contributed by atoms with Gasteiger partial charge >= 0.3 is 0 Å². The van der Waals surface area contributed by atoms with Gasteiger partial charge in [-0.25, -0.2) is 8.78 Å². The molecule has 5 nitrogen and oxygen atoms in total. The van der Waals surface area contributed by atoms with Gasteiger partial charge in [-0.3, -0.25) is 4.79 Å². The SMILES string of the molecule is COc1ccc(CN(Cc2cc(F)ccc2F)C(=O)c2ccccc2-n2cccc2)c(OC)c1. The number of methoxy groups -OCH3 is 2. The minimum Gasteiger partial charge on any atom is -0.497 e. The van der Waals surface area contributed by atoms with Gasteiger partial charge in [0, 0.05) is 42.7 Å². The number of rotatable bonds is 8. The molecule has 0 fully saturated rings. The molecule has 0 spiro atoms. The molecule has 0 aliphatic heterocycles. The number of benzene rings is 3. The fraction of sp³-hybridized carbons (Fsp3) is 0.148. The van der Waals surface area contributed by atoms with Crippen molar-refractivity contribution in [1.29, 1.82) is 0 Å². The van der Waals surface area contributed by atoms with E-state index in [4.69, 9.17) is 9.47 Å². The van der Waals surface area contributed by atoms with Crippen molar-refractivity contribution in [3.05, 3.63) is 114 Å². The number of hydrogen-bond donors (Lipinski definition) is 0. The molecule has 4 rings (SSSR count). The highest BCUT2D eigenvalue weighted by Crippen LogP contribution is 2.28. The summed E-state index contributed by atoms with van der Waals surface area (Å²) in [4.78, 5) is 15.3. The van der Waals surface area contributed by atoms with E-state index in [9.17, 15) is 13.6 Å². The van der Waals surface area contributed by atoms with Gasteiger partial charge in [-0.15, -0.1) is 0 Å². The maximum absolute atomic E-state index is 14.5. The normalized spacial score (nSPS) is 10.7. The number of aromatic nitrogens is 1. The Hall–Kier alpha value is -4.13. The third-order valence-corrected chi connectivity index (χ3v) is 5.53. The zero-order valence-electron chi connectivity index (χ0n) is 18.9. The Labute approximate surface area is 196 Å². The lowest BCUT2D eigenvalue weighted by Gasteiger charge is -2.25. The minimum atomic E-state index is -0.584. The Morgan fingerprint density at radius 1 is 0.853 bits per heavy atom. The average molecular weight is 462 g/mol. The third-order valence-electron chi connectivity index (χ3n) is 5.53. The van der Waals surface area contributed by atoms with Crippen LogP contribution in [0.15, 0.2) is 85.2 Å². The van der Waals surface area contributed by atoms with Crippen molar-refractivity contribution in [3.8, 4) is 17.2 Å². The minimum absolute atomic E-state index is 0.0827.